The van der Waals surface area contributed by atoms with Crippen LogP contribution in [0.15, 0.2) is 18.2 Å². The average molecular weight is 402 g/mol. The molecule has 158 valence electrons. The molecule has 1 aromatic rings. The van der Waals surface area contributed by atoms with Crippen LogP contribution in [0.1, 0.15) is 43.7 Å². The number of nitrogens with zero attached hydrogens (tertiary/aromatic N) is 1. The van der Waals surface area contributed by atoms with Crippen LogP contribution in [0, 0.1) is 0 Å². The van der Waals surface area contributed by atoms with Crippen molar-refractivity contribution in [2.24, 2.45) is 0 Å². The Hall–Kier alpha value is -2.28. The Morgan fingerprint density at radius 2 is 1.97 bits per heavy atom. The SMILES string of the molecule is CCOC(=O)N1CCC(N[C@@H]2CC[C@@H]2NC(=O)Cc2ccc3c(c2)CCO3)CC1. The fourth-order valence-corrected chi connectivity index (χ4v) is 4.41. The number of amides is 2. The Labute approximate surface area is 172 Å². The third-order valence-electron chi connectivity index (χ3n) is 6.21. The Bertz CT molecular complexity index is 746. The van der Waals surface area contributed by atoms with Crippen molar-refractivity contribution in [2.75, 3.05) is 26.3 Å². The number of nitrogens with one attached hydrogen (secondary N) is 2. The molecule has 1 aromatic carbocycles. The molecule has 29 heavy (non-hydrogen) atoms. The van der Waals surface area contributed by atoms with Crippen LogP contribution < -0.4 is 15.4 Å². The minimum Gasteiger partial charge on any atom is -0.493 e. The molecule has 1 saturated carbocycles. The van der Waals surface area contributed by atoms with Crippen LogP contribution in [0.25, 0.3) is 0 Å². The van der Waals surface area contributed by atoms with Gasteiger partial charge < -0.3 is 25.0 Å². The molecule has 0 radical (unpaired) electrons. The molecule has 0 aromatic heterocycles. The summed E-state index contributed by atoms with van der Waals surface area (Å²) in [6.07, 6.45) is 5.07. The van der Waals surface area contributed by atoms with Gasteiger partial charge in [-0.3, -0.25) is 4.79 Å². The number of ether oxygens (including phenoxy) is 2. The minimum atomic E-state index is -0.210. The lowest BCUT2D eigenvalue weighted by molar-refractivity contribution is -0.122. The number of piperidine rings is 1. The van der Waals surface area contributed by atoms with Gasteiger partial charge in [-0.15, -0.1) is 0 Å². The second-order valence-corrected chi connectivity index (χ2v) is 8.20. The first-order chi connectivity index (χ1) is 14.1. The van der Waals surface area contributed by atoms with Crippen molar-refractivity contribution in [3.63, 3.8) is 0 Å². The number of benzene rings is 1. The van der Waals surface area contributed by atoms with E-state index in [0.717, 1.165) is 63.1 Å². The summed E-state index contributed by atoms with van der Waals surface area (Å²) in [6.45, 7) is 4.43. The van der Waals surface area contributed by atoms with Crippen LogP contribution in [-0.2, 0) is 22.4 Å². The monoisotopic (exact) mass is 401 g/mol. The van der Waals surface area contributed by atoms with Gasteiger partial charge in [0.2, 0.25) is 5.91 Å². The van der Waals surface area contributed by atoms with Crippen LogP contribution in [0.3, 0.4) is 0 Å². The van der Waals surface area contributed by atoms with Crippen molar-refractivity contribution in [1.29, 1.82) is 0 Å². The predicted octanol–water partition coefficient (Wildman–Crippen LogP) is 2.02. The number of likely N-dealkylation sites (tertiary alicyclic amines) is 1. The van der Waals surface area contributed by atoms with Gasteiger partial charge >= 0.3 is 6.09 Å². The molecule has 2 N–H and O–H groups in total. The fraction of sp³-hybridized carbons (Fsp3) is 0.636. The molecule has 4 rings (SSSR count). The summed E-state index contributed by atoms with van der Waals surface area (Å²) < 4.78 is 10.6. The van der Waals surface area contributed by atoms with E-state index < -0.39 is 0 Å². The Kier molecular flexibility index (Phi) is 6.23. The number of hydrogen-bond acceptors (Lipinski definition) is 5. The van der Waals surface area contributed by atoms with E-state index in [1.807, 2.05) is 19.1 Å². The number of hydrogen-bond donors (Lipinski definition) is 2. The van der Waals surface area contributed by atoms with Gasteiger partial charge in [0.05, 0.1) is 19.6 Å². The largest absolute Gasteiger partial charge is 0.493 e. The molecule has 7 nitrogen and oxygen atoms in total. The van der Waals surface area contributed by atoms with E-state index in [-0.39, 0.29) is 18.0 Å². The third-order valence-corrected chi connectivity index (χ3v) is 6.21. The zero-order valence-corrected chi connectivity index (χ0v) is 17.1. The van der Waals surface area contributed by atoms with Crippen LogP contribution in [-0.4, -0.2) is 61.3 Å². The molecule has 2 fully saturated rings. The number of carbonyl (C=O) groups excluding carboxylic acids is 2. The van der Waals surface area contributed by atoms with Crippen LogP contribution in [0.5, 0.6) is 5.75 Å². The highest BCUT2D eigenvalue weighted by atomic mass is 16.6. The Morgan fingerprint density at radius 3 is 2.69 bits per heavy atom. The van der Waals surface area contributed by atoms with E-state index in [9.17, 15) is 9.59 Å². The van der Waals surface area contributed by atoms with Gasteiger partial charge in [0.25, 0.3) is 0 Å². The van der Waals surface area contributed by atoms with Crippen molar-refractivity contribution in [3.8, 4) is 5.75 Å². The smallest absolute Gasteiger partial charge is 0.409 e. The second kappa shape index (κ2) is 9.03. The number of fused-ring (bicyclic) bond motifs is 1. The number of carbonyl (C=O) groups is 2. The van der Waals surface area contributed by atoms with Crippen molar-refractivity contribution in [1.82, 2.24) is 15.5 Å². The van der Waals surface area contributed by atoms with E-state index in [0.29, 0.717) is 25.1 Å². The molecule has 2 aliphatic heterocycles. The minimum absolute atomic E-state index is 0.0810. The Balaban J connectivity index is 1.20. The zero-order chi connectivity index (χ0) is 20.2. The molecule has 0 bridgehead atoms. The maximum atomic E-state index is 12.5. The molecule has 0 spiro atoms. The van der Waals surface area contributed by atoms with Crippen molar-refractivity contribution < 1.29 is 19.1 Å². The Morgan fingerprint density at radius 1 is 1.17 bits per heavy atom. The highest BCUT2D eigenvalue weighted by molar-refractivity contribution is 5.79. The number of rotatable bonds is 6. The van der Waals surface area contributed by atoms with Crippen molar-refractivity contribution in [2.45, 2.75) is 63.6 Å². The van der Waals surface area contributed by atoms with Gasteiger partial charge in [0, 0.05) is 37.6 Å². The van der Waals surface area contributed by atoms with Gasteiger partial charge in [-0.2, -0.15) is 0 Å². The lowest BCUT2D eigenvalue weighted by Gasteiger charge is -2.42. The van der Waals surface area contributed by atoms with Gasteiger partial charge in [-0.1, -0.05) is 12.1 Å². The van der Waals surface area contributed by atoms with E-state index in [1.54, 1.807) is 4.90 Å². The highest BCUT2D eigenvalue weighted by Gasteiger charge is 2.34. The normalized spacial score (nSPS) is 23.7. The molecule has 3 aliphatic rings. The molecule has 2 amide bonds. The first-order valence-corrected chi connectivity index (χ1v) is 10.8. The first kappa shape index (κ1) is 20.0. The lowest BCUT2D eigenvalue weighted by atomic mass is 9.84. The molecule has 1 saturated heterocycles. The van der Waals surface area contributed by atoms with E-state index in [1.165, 1.54) is 5.56 Å². The standard InChI is InChI=1S/C22H31N3O4/c1-2-28-22(27)25-10-7-17(8-11-25)23-18-4-5-19(18)24-21(26)14-15-3-6-20-16(13-15)9-12-29-20/h3,6,13,17-19,23H,2,4-5,7-12,14H2,1H3,(H,24,26)/t18-,19+/m1/s1. The highest BCUT2D eigenvalue weighted by Crippen LogP contribution is 2.26. The second-order valence-electron chi connectivity index (χ2n) is 8.20. The molecule has 7 heteroatoms. The van der Waals surface area contributed by atoms with Gasteiger partial charge in [0.1, 0.15) is 5.75 Å². The molecule has 0 unspecified atom stereocenters. The van der Waals surface area contributed by atoms with Crippen LogP contribution in [0.2, 0.25) is 0 Å². The molecular weight excluding hydrogens is 370 g/mol. The van der Waals surface area contributed by atoms with Gasteiger partial charge in [-0.05, 0) is 49.8 Å². The first-order valence-electron chi connectivity index (χ1n) is 10.8. The fourth-order valence-electron chi connectivity index (χ4n) is 4.41. The summed E-state index contributed by atoms with van der Waals surface area (Å²) in [5.41, 5.74) is 2.24. The van der Waals surface area contributed by atoms with Crippen molar-refractivity contribution >= 4 is 12.0 Å². The van der Waals surface area contributed by atoms with E-state index >= 15 is 0 Å². The topological polar surface area (TPSA) is 79.9 Å². The van der Waals surface area contributed by atoms with Crippen LogP contribution >= 0.6 is 0 Å². The average Bonchev–Trinajstić information content (AvgIpc) is 3.18. The summed E-state index contributed by atoms with van der Waals surface area (Å²) in [6, 6.07) is 6.96. The van der Waals surface area contributed by atoms with Crippen LogP contribution in [0.4, 0.5) is 4.79 Å². The maximum absolute atomic E-state index is 12.5. The maximum Gasteiger partial charge on any atom is 0.409 e. The van der Waals surface area contributed by atoms with Gasteiger partial charge in [0.15, 0.2) is 0 Å². The lowest BCUT2D eigenvalue weighted by Crippen LogP contribution is -2.60. The van der Waals surface area contributed by atoms with Crippen molar-refractivity contribution in [3.05, 3.63) is 29.3 Å². The summed E-state index contributed by atoms with van der Waals surface area (Å²) in [7, 11) is 0. The molecule has 2 heterocycles. The molecule has 1 aliphatic carbocycles. The summed E-state index contributed by atoms with van der Waals surface area (Å²) in [5, 5.41) is 6.89. The summed E-state index contributed by atoms with van der Waals surface area (Å²) >= 11 is 0. The van der Waals surface area contributed by atoms with E-state index in [2.05, 4.69) is 16.7 Å². The zero-order valence-electron chi connectivity index (χ0n) is 17.1. The molecular formula is C22H31N3O4. The van der Waals surface area contributed by atoms with Gasteiger partial charge in [-0.25, -0.2) is 4.79 Å². The third kappa shape index (κ3) is 4.83. The summed E-state index contributed by atoms with van der Waals surface area (Å²) in [5.74, 6) is 1.03. The quantitative estimate of drug-likeness (QED) is 0.762. The molecule has 2 atom stereocenters. The predicted molar refractivity (Wildman–Crippen MR) is 109 cm³/mol. The summed E-state index contributed by atoms with van der Waals surface area (Å²) in [4.78, 5) is 26.1. The van der Waals surface area contributed by atoms with E-state index in [4.69, 9.17) is 9.47 Å².